The lowest BCUT2D eigenvalue weighted by Crippen LogP contribution is -2.33. The van der Waals surface area contributed by atoms with Gasteiger partial charge in [0.1, 0.15) is 18.2 Å². The van der Waals surface area contributed by atoms with Gasteiger partial charge in [0.2, 0.25) is 0 Å². The summed E-state index contributed by atoms with van der Waals surface area (Å²) < 4.78 is 21.3. The van der Waals surface area contributed by atoms with Gasteiger partial charge in [-0.15, -0.1) is 0 Å². The maximum absolute atomic E-state index is 15.4. The van der Waals surface area contributed by atoms with E-state index in [4.69, 9.17) is 4.74 Å². The van der Waals surface area contributed by atoms with Crippen molar-refractivity contribution in [3.8, 4) is 5.75 Å². The number of piperidine rings is 1. The lowest BCUT2D eigenvalue weighted by Gasteiger charge is -2.26. The van der Waals surface area contributed by atoms with Crippen molar-refractivity contribution >= 4 is 19.1 Å². The van der Waals surface area contributed by atoms with E-state index in [1.807, 2.05) is 54.6 Å². The van der Waals surface area contributed by atoms with Gasteiger partial charge in [-0.1, -0.05) is 68.5 Å². The Morgan fingerprint density at radius 3 is 2.14 bits per heavy atom. The van der Waals surface area contributed by atoms with Gasteiger partial charge in [-0.3, -0.25) is 4.90 Å². The van der Waals surface area contributed by atoms with E-state index in [0.29, 0.717) is 12.2 Å². The molecule has 0 spiro atoms. The van der Waals surface area contributed by atoms with E-state index in [2.05, 4.69) is 24.5 Å². The largest absolute Gasteiger partial charge is 0.492 e. The molecule has 0 aliphatic carbocycles. The van der Waals surface area contributed by atoms with E-state index in [1.54, 1.807) is 0 Å². The maximum atomic E-state index is 15.4. The Labute approximate surface area is 170 Å². The van der Waals surface area contributed by atoms with Gasteiger partial charge in [0.15, 0.2) is 0 Å². The van der Waals surface area contributed by atoms with Crippen molar-refractivity contribution in [1.82, 2.24) is 4.90 Å². The molecule has 0 amide bonds. The average Bonchev–Trinajstić information content (AvgIpc) is 2.70. The molecule has 3 rings (SSSR count). The quantitative estimate of drug-likeness (QED) is 0.403. The molecule has 0 unspecified atom stereocenters. The number of benzene rings is 2. The first-order valence-electron chi connectivity index (χ1n) is 10.4. The van der Waals surface area contributed by atoms with Crippen molar-refractivity contribution in [2.75, 3.05) is 26.2 Å². The summed E-state index contributed by atoms with van der Waals surface area (Å²) in [6.45, 7) is 10.6. The fourth-order valence-corrected chi connectivity index (χ4v) is 5.65. The Kier molecular flexibility index (Phi) is 7.08. The van der Waals surface area contributed by atoms with Crippen molar-refractivity contribution < 1.29 is 9.13 Å². The average molecular weight is 398 g/mol. The SMILES string of the molecule is C[Si](C)(C)/C(=C(\F)c1ccccc1)c1ccc(OCCN2CCCCC2)cc1. The smallest absolute Gasteiger partial charge is 0.130 e. The van der Waals surface area contributed by atoms with Crippen LogP contribution in [0, 0.1) is 0 Å². The predicted molar refractivity (Wildman–Crippen MR) is 120 cm³/mol. The van der Waals surface area contributed by atoms with E-state index in [-0.39, 0.29) is 5.83 Å². The van der Waals surface area contributed by atoms with Gasteiger partial charge in [0.25, 0.3) is 0 Å². The Bertz CT molecular complexity index is 775. The van der Waals surface area contributed by atoms with Crippen LogP contribution in [0.2, 0.25) is 19.6 Å². The zero-order chi connectivity index (χ0) is 20.0. The molecule has 0 aromatic heterocycles. The lowest BCUT2D eigenvalue weighted by atomic mass is 10.1. The van der Waals surface area contributed by atoms with Crippen molar-refractivity contribution in [3.63, 3.8) is 0 Å². The van der Waals surface area contributed by atoms with Gasteiger partial charge >= 0.3 is 0 Å². The molecule has 0 N–H and O–H groups in total. The van der Waals surface area contributed by atoms with Crippen LogP contribution in [0.5, 0.6) is 5.75 Å². The molecule has 0 radical (unpaired) electrons. The van der Waals surface area contributed by atoms with Crippen LogP contribution in [-0.2, 0) is 0 Å². The normalized spacial score (nSPS) is 16.6. The van der Waals surface area contributed by atoms with Gasteiger partial charge in [-0.25, -0.2) is 4.39 Å². The van der Waals surface area contributed by atoms with E-state index in [9.17, 15) is 0 Å². The van der Waals surface area contributed by atoms with Gasteiger partial charge in [0, 0.05) is 12.1 Å². The predicted octanol–water partition coefficient (Wildman–Crippen LogP) is 6.27. The van der Waals surface area contributed by atoms with Crippen molar-refractivity contribution in [1.29, 1.82) is 0 Å². The van der Waals surface area contributed by atoms with Gasteiger partial charge in [-0.05, 0) is 48.8 Å². The van der Waals surface area contributed by atoms with Crippen LogP contribution in [0.25, 0.3) is 11.0 Å². The first-order chi connectivity index (χ1) is 13.4. The second kappa shape index (κ2) is 9.53. The van der Waals surface area contributed by atoms with Gasteiger partial charge in [0.05, 0.1) is 8.07 Å². The number of hydrogen-bond acceptors (Lipinski definition) is 2. The van der Waals surface area contributed by atoms with Crippen molar-refractivity contribution in [3.05, 3.63) is 65.7 Å². The first kappa shape index (κ1) is 20.8. The summed E-state index contributed by atoms with van der Waals surface area (Å²) in [4.78, 5) is 2.47. The summed E-state index contributed by atoms with van der Waals surface area (Å²) >= 11 is 0. The van der Waals surface area contributed by atoms with Crippen LogP contribution in [-0.4, -0.2) is 39.2 Å². The minimum atomic E-state index is -1.88. The molecule has 4 heteroatoms. The van der Waals surface area contributed by atoms with Crippen molar-refractivity contribution in [2.24, 2.45) is 0 Å². The molecule has 1 aliphatic rings. The highest BCUT2D eigenvalue weighted by Gasteiger charge is 2.26. The second-order valence-corrected chi connectivity index (χ2v) is 13.6. The summed E-state index contributed by atoms with van der Waals surface area (Å²) in [6, 6.07) is 17.3. The third-order valence-electron chi connectivity index (χ3n) is 5.26. The van der Waals surface area contributed by atoms with Crippen LogP contribution in [0.4, 0.5) is 4.39 Å². The Morgan fingerprint density at radius 2 is 1.54 bits per heavy atom. The topological polar surface area (TPSA) is 12.5 Å². The molecule has 0 atom stereocenters. The highest BCUT2D eigenvalue weighted by atomic mass is 28.3. The number of hydrogen-bond donors (Lipinski definition) is 0. The van der Waals surface area contributed by atoms with Gasteiger partial charge in [-0.2, -0.15) is 0 Å². The molecule has 1 fully saturated rings. The molecule has 1 aliphatic heterocycles. The number of rotatable bonds is 7. The molecule has 0 bridgehead atoms. The fourth-order valence-electron chi connectivity index (χ4n) is 3.81. The second-order valence-electron chi connectivity index (χ2n) is 8.58. The number of ether oxygens (including phenoxy) is 1. The molecular weight excluding hydrogens is 365 g/mol. The molecule has 0 saturated carbocycles. The van der Waals surface area contributed by atoms with Crippen molar-refractivity contribution in [2.45, 2.75) is 38.9 Å². The molecule has 2 aromatic carbocycles. The Balaban J connectivity index is 1.72. The lowest BCUT2D eigenvalue weighted by molar-refractivity contribution is 0.183. The highest BCUT2D eigenvalue weighted by Crippen LogP contribution is 2.35. The molecule has 2 aromatic rings. The number of likely N-dealkylation sites (tertiary alicyclic amines) is 1. The first-order valence-corrected chi connectivity index (χ1v) is 13.9. The Morgan fingerprint density at radius 1 is 0.893 bits per heavy atom. The highest BCUT2D eigenvalue weighted by molar-refractivity contribution is 6.94. The summed E-state index contributed by atoms with van der Waals surface area (Å²) in [6.07, 6.45) is 3.95. The van der Waals surface area contributed by atoms with E-state index < -0.39 is 8.07 Å². The van der Waals surface area contributed by atoms with E-state index >= 15 is 4.39 Å². The summed E-state index contributed by atoms with van der Waals surface area (Å²) in [5.41, 5.74) is 1.62. The molecule has 28 heavy (non-hydrogen) atoms. The monoisotopic (exact) mass is 397 g/mol. The fraction of sp³-hybridized carbons (Fsp3) is 0.417. The summed E-state index contributed by atoms with van der Waals surface area (Å²) in [7, 11) is -1.88. The third kappa shape index (κ3) is 5.55. The number of halogens is 1. The molecule has 150 valence electrons. The number of nitrogens with zero attached hydrogens (tertiary/aromatic N) is 1. The summed E-state index contributed by atoms with van der Waals surface area (Å²) in [5.74, 6) is 0.759. The maximum Gasteiger partial charge on any atom is 0.130 e. The zero-order valence-corrected chi connectivity index (χ0v) is 18.4. The van der Waals surface area contributed by atoms with E-state index in [1.165, 1.54) is 32.4 Å². The molecule has 1 heterocycles. The van der Waals surface area contributed by atoms with Crippen LogP contribution in [0.3, 0.4) is 0 Å². The Hall–Kier alpha value is -1.91. The van der Waals surface area contributed by atoms with E-state index in [0.717, 1.165) is 23.1 Å². The van der Waals surface area contributed by atoms with Crippen LogP contribution in [0.15, 0.2) is 54.6 Å². The van der Waals surface area contributed by atoms with Crippen LogP contribution >= 0.6 is 0 Å². The summed E-state index contributed by atoms with van der Waals surface area (Å²) in [5, 5.41) is 0.860. The van der Waals surface area contributed by atoms with Crippen LogP contribution in [0.1, 0.15) is 30.4 Å². The zero-order valence-electron chi connectivity index (χ0n) is 17.4. The minimum Gasteiger partial charge on any atom is -0.492 e. The van der Waals surface area contributed by atoms with Crippen LogP contribution < -0.4 is 4.74 Å². The third-order valence-corrected chi connectivity index (χ3v) is 7.27. The molecule has 2 nitrogen and oxygen atoms in total. The molecule has 1 saturated heterocycles. The minimum absolute atomic E-state index is 0.0986. The van der Waals surface area contributed by atoms with Gasteiger partial charge < -0.3 is 4.74 Å². The molecular formula is C24H32FNOSi. The standard InChI is InChI=1S/C24H32FNOSi/c1-28(2,3)24(23(25)20-10-6-4-7-11-20)21-12-14-22(15-13-21)27-19-18-26-16-8-5-9-17-26/h4,6-7,10-15H,5,8-9,16-19H2,1-3H3/b24-23-.